The van der Waals surface area contributed by atoms with E-state index in [-0.39, 0.29) is 5.82 Å². The zero-order valence-corrected chi connectivity index (χ0v) is 11.9. The third-order valence-corrected chi connectivity index (χ3v) is 4.20. The van der Waals surface area contributed by atoms with Crippen molar-refractivity contribution < 1.29 is 4.39 Å². The molecule has 0 aromatic heterocycles. The minimum Gasteiger partial charge on any atom is -0.381 e. The van der Waals surface area contributed by atoms with Crippen LogP contribution in [0.25, 0.3) is 0 Å². The van der Waals surface area contributed by atoms with Gasteiger partial charge in [-0.1, -0.05) is 24.3 Å². The van der Waals surface area contributed by atoms with Gasteiger partial charge in [-0.2, -0.15) is 5.26 Å². The first-order valence-corrected chi connectivity index (χ1v) is 7.19. The van der Waals surface area contributed by atoms with Crippen LogP contribution in [0.3, 0.4) is 0 Å². The van der Waals surface area contributed by atoms with Crippen molar-refractivity contribution in [3.63, 3.8) is 0 Å². The summed E-state index contributed by atoms with van der Waals surface area (Å²) in [7, 11) is 0. The predicted octanol–water partition coefficient (Wildman–Crippen LogP) is 4.36. The first kappa shape index (κ1) is 13.6. The molecule has 0 saturated heterocycles. The van der Waals surface area contributed by atoms with E-state index in [0.717, 1.165) is 29.7 Å². The van der Waals surface area contributed by atoms with Crippen LogP contribution in [0.5, 0.6) is 0 Å². The van der Waals surface area contributed by atoms with Crippen molar-refractivity contribution in [3.8, 4) is 6.07 Å². The smallest absolute Gasteiger partial charge is 0.123 e. The molecular weight excluding hydrogens is 263 g/mol. The lowest BCUT2D eigenvalue weighted by atomic mass is 9.75. The molecule has 1 aliphatic rings. The molecule has 2 aromatic rings. The zero-order valence-electron chi connectivity index (χ0n) is 11.9. The molecule has 21 heavy (non-hydrogen) atoms. The number of nitrogens with zero attached hydrogens (tertiary/aromatic N) is 1. The van der Waals surface area contributed by atoms with Crippen molar-refractivity contribution in [2.45, 2.75) is 31.7 Å². The maximum absolute atomic E-state index is 13.2. The van der Waals surface area contributed by atoms with Gasteiger partial charge >= 0.3 is 0 Å². The van der Waals surface area contributed by atoms with Crippen LogP contribution in [0.15, 0.2) is 42.5 Å². The lowest BCUT2D eigenvalue weighted by Crippen LogP contribution is -2.34. The quantitative estimate of drug-likeness (QED) is 0.906. The Morgan fingerprint density at radius 3 is 2.67 bits per heavy atom. The molecule has 2 nitrogen and oxygen atoms in total. The number of aryl methyl sites for hydroxylation is 1. The van der Waals surface area contributed by atoms with Crippen LogP contribution in [0.1, 0.15) is 35.4 Å². The molecule has 0 radical (unpaired) electrons. The average molecular weight is 280 g/mol. The normalized spacial score (nSPS) is 20.4. The van der Waals surface area contributed by atoms with Crippen LogP contribution >= 0.6 is 0 Å². The zero-order chi connectivity index (χ0) is 14.8. The molecule has 0 amide bonds. The number of halogens is 1. The van der Waals surface area contributed by atoms with Gasteiger partial charge in [0, 0.05) is 6.04 Å². The number of benzene rings is 2. The summed E-state index contributed by atoms with van der Waals surface area (Å²) in [6.07, 6.45) is 1.95. The topological polar surface area (TPSA) is 35.8 Å². The van der Waals surface area contributed by atoms with Gasteiger partial charge in [0.25, 0.3) is 0 Å². The van der Waals surface area contributed by atoms with Crippen LogP contribution in [-0.2, 0) is 0 Å². The highest BCUT2D eigenvalue weighted by Crippen LogP contribution is 2.39. The number of nitriles is 1. The first-order chi connectivity index (χ1) is 10.2. The van der Waals surface area contributed by atoms with Gasteiger partial charge in [0.1, 0.15) is 11.9 Å². The molecule has 1 N–H and O–H groups in total. The van der Waals surface area contributed by atoms with Crippen LogP contribution in [-0.4, -0.2) is 6.04 Å². The Hall–Kier alpha value is -2.34. The molecule has 1 aliphatic carbocycles. The molecule has 106 valence electrons. The summed E-state index contributed by atoms with van der Waals surface area (Å²) in [5, 5.41) is 12.7. The highest BCUT2D eigenvalue weighted by Gasteiger charge is 2.30. The molecular formula is C18H17FN2. The number of anilines is 1. The van der Waals surface area contributed by atoms with E-state index >= 15 is 0 Å². The Kier molecular flexibility index (Phi) is 3.62. The van der Waals surface area contributed by atoms with E-state index in [1.165, 1.54) is 6.07 Å². The minimum atomic E-state index is -0.172. The van der Waals surface area contributed by atoms with Gasteiger partial charge in [0.2, 0.25) is 0 Å². The van der Waals surface area contributed by atoms with E-state index < -0.39 is 0 Å². The third-order valence-electron chi connectivity index (χ3n) is 4.20. The highest BCUT2D eigenvalue weighted by atomic mass is 19.1. The van der Waals surface area contributed by atoms with E-state index in [0.29, 0.717) is 17.5 Å². The van der Waals surface area contributed by atoms with Crippen LogP contribution in [0.2, 0.25) is 0 Å². The van der Waals surface area contributed by atoms with Crippen molar-refractivity contribution in [2.75, 3.05) is 5.32 Å². The monoisotopic (exact) mass is 280 g/mol. The molecule has 0 spiro atoms. The van der Waals surface area contributed by atoms with Crippen molar-refractivity contribution in [1.82, 2.24) is 0 Å². The van der Waals surface area contributed by atoms with Crippen LogP contribution in [0, 0.1) is 24.1 Å². The molecule has 0 bridgehead atoms. The number of rotatable bonds is 3. The molecule has 3 rings (SSSR count). The lowest BCUT2D eigenvalue weighted by Gasteiger charge is -2.37. The molecule has 0 atom stereocenters. The summed E-state index contributed by atoms with van der Waals surface area (Å²) in [4.78, 5) is 0. The summed E-state index contributed by atoms with van der Waals surface area (Å²) in [6, 6.07) is 15.3. The average Bonchev–Trinajstić information content (AvgIpc) is 2.42. The molecule has 0 unspecified atom stereocenters. The van der Waals surface area contributed by atoms with E-state index in [1.54, 1.807) is 12.1 Å². The second-order valence-corrected chi connectivity index (χ2v) is 5.67. The number of hydrogen-bond acceptors (Lipinski definition) is 2. The van der Waals surface area contributed by atoms with Crippen molar-refractivity contribution in [2.24, 2.45) is 0 Å². The van der Waals surface area contributed by atoms with Gasteiger partial charge in [0.05, 0.1) is 11.3 Å². The Labute approximate surface area is 124 Å². The van der Waals surface area contributed by atoms with Gasteiger partial charge < -0.3 is 5.32 Å². The summed E-state index contributed by atoms with van der Waals surface area (Å²) in [6.45, 7) is 1.94. The van der Waals surface area contributed by atoms with E-state index in [1.807, 2.05) is 31.2 Å². The van der Waals surface area contributed by atoms with Crippen molar-refractivity contribution in [1.29, 1.82) is 5.26 Å². The molecule has 0 aliphatic heterocycles. The fraction of sp³-hybridized carbons (Fsp3) is 0.278. The second-order valence-electron chi connectivity index (χ2n) is 5.67. The van der Waals surface area contributed by atoms with E-state index in [9.17, 15) is 9.65 Å². The molecule has 0 heterocycles. The summed E-state index contributed by atoms with van der Waals surface area (Å²) >= 11 is 0. The Bertz CT molecular complexity index is 697. The van der Waals surface area contributed by atoms with Gasteiger partial charge in [-0.25, -0.2) is 4.39 Å². The van der Waals surface area contributed by atoms with Gasteiger partial charge in [-0.05, 0) is 55.0 Å². The largest absolute Gasteiger partial charge is 0.381 e. The van der Waals surface area contributed by atoms with E-state index in [4.69, 9.17) is 0 Å². The maximum Gasteiger partial charge on any atom is 0.123 e. The number of hydrogen-bond donors (Lipinski definition) is 1. The minimum absolute atomic E-state index is 0.172. The highest BCUT2D eigenvalue weighted by molar-refractivity contribution is 5.61. The summed E-state index contributed by atoms with van der Waals surface area (Å²) < 4.78 is 13.2. The molecule has 1 saturated carbocycles. The summed E-state index contributed by atoms with van der Waals surface area (Å²) in [5.41, 5.74) is 3.67. The molecule has 1 fully saturated rings. The van der Waals surface area contributed by atoms with Crippen LogP contribution in [0.4, 0.5) is 10.1 Å². The fourth-order valence-corrected chi connectivity index (χ4v) is 2.92. The van der Waals surface area contributed by atoms with Gasteiger partial charge in [-0.15, -0.1) is 0 Å². The fourth-order valence-electron chi connectivity index (χ4n) is 2.92. The Morgan fingerprint density at radius 2 is 1.95 bits per heavy atom. The van der Waals surface area contributed by atoms with Gasteiger partial charge in [-0.3, -0.25) is 0 Å². The van der Waals surface area contributed by atoms with E-state index in [2.05, 4.69) is 11.4 Å². The SMILES string of the molecule is Cc1cccc(NC2CC(c3cccc(F)c3)C2)c1C#N. The Morgan fingerprint density at radius 1 is 1.19 bits per heavy atom. The molecule has 2 aromatic carbocycles. The van der Waals surface area contributed by atoms with Gasteiger partial charge in [0.15, 0.2) is 0 Å². The Balaban J connectivity index is 1.66. The van der Waals surface area contributed by atoms with Crippen molar-refractivity contribution >= 4 is 5.69 Å². The van der Waals surface area contributed by atoms with Crippen LogP contribution < -0.4 is 5.32 Å². The standard InChI is InChI=1S/C18H17FN2/c1-12-4-2-7-18(17(12)11-20)21-16-9-14(10-16)13-5-3-6-15(19)8-13/h2-8,14,16,21H,9-10H2,1H3. The first-order valence-electron chi connectivity index (χ1n) is 7.19. The number of nitrogens with one attached hydrogen (secondary N) is 1. The summed E-state index contributed by atoms with van der Waals surface area (Å²) in [5.74, 6) is 0.239. The predicted molar refractivity (Wildman–Crippen MR) is 81.7 cm³/mol. The lowest BCUT2D eigenvalue weighted by molar-refractivity contribution is 0.373. The molecule has 3 heteroatoms. The second kappa shape index (κ2) is 5.57. The maximum atomic E-state index is 13.2. The van der Waals surface area contributed by atoms with Crippen molar-refractivity contribution in [3.05, 3.63) is 65.0 Å². The third kappa shape index (κ3) is 2.75.